The zero-order valence-corrected chi connectivity index (χ0v) is 6.70. The summed E-state index contributed by atoms with van der Waals surface area (Å²) >= 11 is 0. The summed E-state index contributed by atoms with van der Waals surface area (Å²) in [6.45, 7) is 1.72. The molecule has 0 aliphatic heterocycles. The Morgan fingerprint density at radius 3 is 2.85 bits per heavy atom. The van der Waals surface area contributed by atoms with E-state index in [1.807, 2.05) is 0 Å². The highest BCUT2D eigenvalue weighted by Gasteiger charge is 2.15. The third-order valence-corrected chi connectivity index (χ3v) is 1.48. The monoisotopic (exact) mass is 182 g/mol. The molecule has 68 valence electrons. The van der Waals surface area contributed by atoms with Crippen LogP contribution in [0.5, 0.6) is 5.88 Å². The fraction of sp³-hybridized carbons (Fsp3) is 0.143. The van der Waals surface area contributed by atoms with Crippen LogP contribution in [0.4, 0.5) is 0 Å². The predicted molar refractivity (Wildman–Crippen MR) is 41.2 cm³/mol. The number of hydrogen-bond acceptors (Lipinski definition) is 5. The number of H-pyrrole nitrogens is 1. The summed E-state index contributed by atoms with van der Waals surface area (Å²) < 4.78 is 9.40. The lowest BCUT2D eigenvalue weighted by Crippen LogP contribution is -1.92. The van der Waals surface area contributed by atoms with E-state index in [2.05, 4.69) is 14.6 Å². The van der Waals surface area contributed by atoms with Gasteiger partial charge in [0.05, 0.1) is 5.69 Å². The Morgan fingerprint density at radius 2 is 2.38 bits per heavy atom. The molecule has 0 atom stereocenters. The lowest BCUT2D eigenvalue weighted by Gasteiger charge is -1.85. The number of hydrogen-bond donors (Lipinski definition) is 2. The van der Waals surface area contributed by atoms with Crippen molar-refractivity contribution >= 4 is 0 Å². The van der Waals surface area contributed by atoms with Crippen LogP contribution in [0.3, 0.4) is 0 Å². The van der Waals surface area contributed by atoms with Crippen LogP contribution in [0.2, 0.25) is 0 Å². The largest absolute Gasteiger partial charge is 0.492 e. The molecule has 2 N–H and O–H groups in total. The van der Waals surface area contributed by atoms with E-state index in [-0.39, 0.29) is 17.4 Å². The van der Waals surface area contributed by atoms with Gasteiger partial charge in [0.1, 0.15) is 0 Å². The molecule has 0 fully saturated rings. The van der Waals surface area contributed by atoms with Crippen LogP contribution in [0.1, 0.15) is 5.69 Å². The Balaban J connectivity index is 2.58. The number of nitrogens with zero attached hydrogens (tertiary/aromatic N) is 1. The molecule has 6 heteroatoms. The van der Waals surface area contributed by atoms with Gasteiger partial charge in [-0.25, -0.2) is 4.79 Å². The summed E-state index contributed by atoms with van der Waals surface area (Å²) in [6, 6.07) is 1.55. The predicted octanol–water partition coefficient (Wildman–Crippen LogP) is 0.637. The van der Waals surface area contributed by atoms with Crippen LogP contribution in [-0.4, -0.2) is 15.2 Å². The first-order valence-corrected chi connectivity index (χ1v) is 3.52. The molecule has 0 aliphatic rings. The maximum atomic E-state index is 10.6. The molecule has 2 aromatic heterocycles. The van der Waals surface area contributed by atoms with Gasteiger partial charge in [0.15, 0.2) is 0 Å². The Morgan fingerprint density at radius 1 is 1.62 bits per heavy atom. The second-order valence-corrected chi connectivity index (χ2v) is 2.52. The van der Waals surface area contributed by atoms with E-state index in [1.165, 1.54) is 0 Å². The number of rotatable bonds is 1. The lowest BCUT2D eigenvalue weighted by molar-refractivity contribution is 0.400. The van der Waals surface area contributed by atoms with Gasteiger partial charge in [-0.1, -0.05) is 5.16 Å². The number of aromatic amines is 1. The molecule has 2 heterocycles. The average Bonchev–Trinajstić information content (AvgIpc) is 2.58. The molecule has 0 unspecified atom stereocenters. The smallest absolute Gasteiger partial charge is 0.419 e. The van der Waals surface area contributed by atoms with Gasteiger partial charge in [-0.15, -0.1) is 0 Å². The van der Waals surface area contributed by atoms with Crippen molar-refractivity contribution in [3.63, 3.8) is 0 Å². The molecule has 0 saturated heterocycles. The molecule has 0 aromatic carbocycles. The maximum absolute atomic E-state index is 10.6. The van der Waals surface area contributed by atoms with E-state index in [0.29, 0.717) is 5.69 Å². The van der Waals surface area contributed by atoms with Crippen LogP contribution in [-0.2, 0) is 0 Å². The molecule has 0 bridgehead atoms. The minimum Gasteiger partial charge on any atom is -0.492 e. The van der Waals surface area contributed by atoms with E-state index in [0.717, 1.165) is 0 Å². The summed E-state index contributed by atoms with van der Waals surface area (Å²) in [4.78, 5) is 12.7. The normalized spacial score (nSPS) is 10.5. The van der Waals surface area contributed by atoms with Gasteiger partial charge in [0, 0.05) is 6.07 Å². The average molecular weight is 182 g/mol. The molecule has 2 rings (SSSR count). The first-order chi connectivity index (χ1) is 6.16. The summed E-state index contributed by atoms with van der Waals surface area (Å²) in [5.74, 6) is -0.915. The van der Waals surface area contributed by atoms with Crippen molar-refractivity contribution in [1.82, 2.24) is 10.1 Å². The van der Waals surface area contributed by atoms with Crippen LogP contribution >= 0.6 is 0 Å². The molecule has 6 nitrogen and oxygen atoms in total. The van der Waals surface area contributed by atoms with Crippen LogP contribution in [0, 0.1) is 6.92 Å². The molecule has 0 spiro atoms. The first kappa shape index (κ1) is 7.66. The van der Waals surface area contributed by atoms with Crippen LogP contribution in [0.25, 0.3) is 11.5 Å². The van der Waals surface area contributed by atoms with Crippen LogP contribution in [0.15, 0.2) is 19.8 Å². The summed E-state index contributed by atoms with van der Waals surface area (Å²) in [6.07, 6.45) is 0. The van der Waals surface area contributed by atoms with Crippen molar-refractivity contribution in [1.29, 1.82) is 0 Å². The quantitative estimate of drug-likeness (QED) is 0.674. The molecule has 0 radical (unpaired) electrons. The number of nitrogens with one attached hydrogen (secondary N) is 1. The third-order valence-electron chi connectivity index (χ3n) is 1.48. The van der Waals surface area contributed by atoms with Crippen molar-refractivity contribution in [2.45, 2.75) is 6.92 Å². The fourth-order valence-electron chi connectivity index (χ4n) is 0.958. The molecular formula is C7H6N2O4. The van der Waals surface area contributed by atoms with E-state index < -0.39 is 5.76 Å². The number of oxazole rings is 1. The highest BCUT2D eigenvalue weighted by Crippen LogP contribution is 2.25. The standard InChI is InChI=1S/C7H6N2O4/c1-3-2-4(13-9-3)5-6(10)8-7(11)12-5/h2,10H,1H3,(H,8,11). The van der Waals surface area contributed by atoms with E-state index in [9.17, 15) is 4.79 Å². The Bertz CT molecular complexity index is 479. The zero-order valence-electron chi connectivity index (χ0n) is 6.70. The maximum Gasteiger partial charge on any atom is 0.419 e. The number of aromatic hydroxyl groups is 1. The topological polar surface area (TPSA) is 92.3 Å². The van der Waals surface area contributed by atoms with Gasteiger partial charge in [0.25, 0.3) is 0 Å². The second kappa shape index (κ2) is 2.51. The molecular weight excluding hydrogens is 176 g/mol. The van der Waals surface area contributed by atoms with E-state index in [4.69, 9.17) is 9.63 Å². The first-order valence-electron chi connectivity index (χ1n) is 3.52. The van der Waals surface area contributed by atoms with Crippen molar-refractivity contribution < 1.29 is 14.0 Å². The van der Waals surface area contributed by atoms with E-state index in [1.54, 1.807) is 13.0 Å². The summed E-state index contributed by atoms with van der Waals surface area (Å²) in [7, 11) is 0. The SMILES string of the molecule is Cc1cc(-c2oc(=O)[nH]c2O)on1. The van der Waals surface area contributed by atoms with Crippen molar-refractivity contribution in [3.8, 4) is 17.4 Å². The number of aromatic nitrogens is 2. The summed E-state index contributed by atoms with van der Waals surface area (Å²) in [5.41, 5.74) is 0.637. The third kappa shape index (κ3) is 1.22. The van der Waals surface area contributed by atoms with Gasteiger partial charge in [-0.05, 0) is 6.92 Å². The summed E-state index contributed by atoms with van der Waals surface area (Å²) in [5, 5.41) is 12.7. The number of aryl methyl sites for hydroxylation is 1. The van der Waals surface area contributed by atoms with Crippen molar-refractivity contribution in [2.24, 2.45) is 0 Å². The van der Waals surface area contributed by atoms with Crippen LogP contribution < -0.4 is 5.76 Å². The molecule has 0 aliphatic carbocycles. The van der Waals surface area contributed by atoms with Crippen molar-refractivity contribution in [2.75, 3.05) is 0 Å². The van der Waals surface area contributed by atoms with Gasteiger partial charge in [-0.3, -0.25) is 4.98 Å². The van der Waals surface area contributed by atoms with E-state index >= 15 is 0 Å². The second-order valence-electron chi connectivity index (χ2n) is 2.52. The molecule has 0 amide bonds. The Labute approximate surface area is 71.8 Å². The van der Waals surface area contributed by atoms with Crippen molar-refractivity contribution in [3.05, 3.63) is 22.3 Å². The minimum absolute atomic E-state index is 0.0365. The van der Waals surface area contributed by atoms with Gasteiger partial charge < -0.3 is 14.0 Å². The molecule has 13 heavy (non-hydrogen) atoms. The minimum atomic E-state index is -0.735. The molecule has 2 aromatic rings. The lowest BCUT2D eigenvalue weighted by atomic mass is 10.3. The highest BCUT2D eigenvalue weighted by atomic mass is 16.5. The van der Waals surface area contributed by atoms with Gasteiger partial charge in [-0.2, -0.15) is 0 Å². The Kier molecular flexibility index (Phi) is 1.48. The highest BCUT2D eigenvalue weighted by molar-refractivity contribution is 5.55. The van der Waals surface area contributed by atoms with Gasteiger partial charge in [0.2, 0.25) is 17.4 Å². The zero-order chi connectivity index (χ0) is 9.42. The fourth-order valence-corrected chi connectivity index (χ4v) is 0.958. The van der Waals surface area contributed by atoms with Gasteiger partial charge >= 0.3 is 5.76 Å². The Hall–Kier alpha value is -1.98. The molecule has 0 saturated carbocycles.